The van der Waals surface area contributed by atoms with Gasteiger partial charge in [0.15, 0.2) is 5.82 Å². The van der Waals surface area contributed by atoms with E-state index in [1.807, 2.05) is 48.5 Å². The Kier molecular flexibility index (Phi) is 6.35. The highest BCUT2D eigenvalue weighted by Gasteiger charge is 2.15. The normalized spacial score (nSPS) is 11.3. The molecule has 0 aliphatic rings. The van der Waals surface area contributed by atoms with Crippen LogP contribution in [-0.2, 0) is 0 Å². The zero-order chi connectivity index (χ0) is 29.5. The van der Waals surface area contributed by atoms with Crippen LogP contribution in [0.4, 0.5) is 0 Å². The van der Waals surface area contributed by atoms with Crippen molar-refractivity contribution >= 4 is 21.9 Å². The number of benzene rings is 6. The second kappa shape index (κ2) is 10.8. The number of para-hydroxylation sites is 1. The van der Waals surface area contributed by atoms with Crippen molar-refractivity contribution in [1.29, 1.82) is 0 Å². The summed E-state index contributed by atoms with van der Waals surface area (Å²) in [5.74, 6) is 0.721. The lowest BCUT2D eigenvalue weighted by molar-refractivity contribution is 0.669. The van der Waals surface area contributed by atoms with E-state index in [1.165, 1.54) is 27.8 Å². The average Bonchev–Trinajstić information content (AvgIpc) is 3.47. The molecule has 0 saturated heterocycles. The van der Waals surface area contributed by atoms with Crippen molar-refractivity contribution in [3.63, 3.8) is 0 Å². The zero-order valence-electron chi connectivity index (χ0n) is 24.2. The number of furan rings is 1. The average molecular weight is 565 g/mol. The van der Waals surface area contributed by atoms with E-state index in [1.54, 1.807) is 0 Å². The summed E-state index contributed by atoms with van der Waals surface area (Å²) in [7, 11) is 0. The van der Waals surface area contributed by atoms with Gasteiger partial charge in [0.1, 0.15) is 11.2 Å². The van der Waals surface area contributed by atoms with Gasteiger partial charge in [0.25, 0.3) is 0 Å². The van der Waals surface area contributed by atoms with Crippen LogP contribution < -0.4 is 0 Å². The molecule has 0 radical (unpaired) electrons. The Labute approximate surface area is 256 Å². The second-order valence-corrected chi connectivity index (χ2v) is 11.1. The molecular formula is C41H28N2O. The van der Waals surface area contributed by atoms with Crippen molar-refractivity contribution < 1.29 is 4.42 Å². The zero-order valence-corrected chi connectivity index (χ0v) is 24.2. The molecule has 208 valence electrons. The third kappa shape index (κ3) is 4.65. The lowest BCUT2D eigenvalue weighted by Crippen LogP contribution is -1.97. The summed E-state index contributed by atoms with van der Waals surface area (Å²) >= 11 is 0. The number of rotatable bonds is 5. The van der Waals surface area contributed by atoms with Gasteiger partial charge in [-0.1, -0.05) is 127 Å². The van der Waals surface area contributed by atoms with Crippen molar-refractivity contribution in [3.8, 4) is 56.2 Å². The number of hydrogen-bond donors (Lipinski definition) is 0. The van der Waals surface area contributed by atoms with Gasteiger partial charge in [0.2, 0.25) is 0 Å². The van der Waals surface area contributed by atoms with Gasteiger partial charge in [0.05, 0.1) is 11.4 Å². The molecule has 0 aliphatic carbocycles. The molecule has 0 spiro atoms. The number of aromatic nitrogens is 2. The third-order valence-corrected chi connectivity index (χ3v) is 8.34. The van der Waals surface area contributed by atoms with Crippen LogP contribution in [0.25, 0.3) is 78.1 Å². The monoisotopic (exact) mass is 564 g/mol. The summed E-state index contributed by atoms with van der Waals surface area (Å²) in [4.78, 5) is 10.0. The summed E-state index contributed by atoms with van der Waals surface area (Å²) < 4.78 is 6.04. The van der Waals surface area contributed by atoms with Crippen molar-refractivity contribution in [2.45, 2.75) is 6.92 Å². The highest BCUT2D eigenvalue weighted by Crippen LogP contribution is 2.36. The van der Waals surface area contributed by atoms with E-state index >= 15 is 0 Å². The highest BCUT2D eigenvalue weighted by molar-refractivity contribution is 6.06. The van der Waals surface area contributed by atoms with Crippen LogP contribution in [0.5, 0.6) is 0 Å². The van der Waals surface area contributed by atoms with Gasteiger partial charge in [-0.15, -0.1) is 0 Å². The Morgan fingerprint density at radius 2 is 1.02 bits per heavy atom. The fourth-order valence-corrected chi connectivity index (χ4v) is 6.03. The molecule has 3 heteroatoms. The summed E-state index contributed by atoms with van der Waals surface area (Å²) in [5.41, 5.74) is 12.7. The molecular weight excluding hydrogens is 536 g/mol. The van der Waals surface area contributed by atoms with Crippen LogP contribution in [0.1, 0.15) is 5.56 Å². The molecule has 0 fully saturated rings. The molecule has 6 aromatic carbocycles. The van der Waals surface area contributed by atoms with Gasteiger partial charge in [-0.05, 0) is 59.0 Å². The molecule has 0 atom stereocenters. The predicted molar refractivity (Wildman–Crippen MR) is 181 cm³/mol. The molecule has 8 rings (SSSR count). The van der Waals surface area contributed by atoms with Gasteiger partial charge >= 0.3 is 0 Å². The molecule has 0 N–H and O–H groups in total. The standard InChI is InChI=1S/C41H28N2O/c1-27-33(29-21-19-28(20-22-29)32-23-24-40-36(25-32)35-15-8-9-18-39(35)44-40)16-10-17-34(27)38-26-37(30-11-4-2-5-12-30)42-41(43-38)31-13-6-3-7-14-31/h2-26H,1H3. The van der Waals surface area contributed by atoms with Gasteiger partial charge in [-0.25, -0.2) is 9.97 Å². The predicted octanol–water partition coefficient (Wildman–Crippen LogP) is 11.0. The molecule has 2 heterocycles. The Morgan fingerprint density at radius 1 is 0.409 bits per heavy atom. The van der Waals surface area contributed by atoms with Crippen LogP contribution >= 0.6 is 0 Å². The number of nitrogens with zero attached hydrogens (tertiary/aromatic N) is 2. The molecule has 3 nitrogen and oxygen atoms in total. The summed E-state index contributed by atoms with van der Waals surface area (Å²) in [6.07, 6.45) is 0. The first-order valence-corrected chi connectivity index (χ1v) is 14.8. The van der Waals surface area contributed by atoms with E-state index in [2.05, 4.69) is 110 Å². The van der Waals surface area contributed by atoms with Crippen LogP contribution in [0.3, 0.4) is 0 Å². The first-order valence-electron chi connectivity index (χ1n) is 14.8. The minimum Gasteiger partial charge on any atom is -0.456 e. The minimum atomic E-state index is 0.721. The molecule has 0 unspecified atom stereocenters. The quantitative estimate of drug-likeness (QED) is 0.209. The SMILES string of the molecule is Cc1c(-c2ccc(-c3ccc4oc5ccccc5c4c3)cc2)cccc1-c1cc(-c2ccccc2)nc(-c2ccccc2)n1. The molecule has 0 bridgehead atoms. The number of hydrogen-bond acceptors (Lipinski definition) is 3. The lowest BCUT2D eigenvalue weighted by atomic mass is 9.93. The third-order valence-electron chi connectivity index (χ3n) is 8.34. The van der Waals surface area contributed by atoms with Crippen LogP contribution in [0.2, 0.25) is 0 Å². The Hall–Kier alpha value is -5.80. The van der Waals surface area contributed by atoms with Crippen molar-refractivity contribution in [3.05, 3.63) is 157 Å². The fourth-order valence-electron chi connectivity index (χ4n) is 6.03. The van der Waals surface area contributed by atoms with E-state index in [9.17, 15) is 0 Å². The van der Waals surface area contributed by atoms with Crippen LogP contribution in [0.15, 0.2) is 156 Å². The molecule has 2 aromatic heterocycles. The van der Waals surface area contributed by atoms with Gasteiger partial charge in [-0.2, -0.15) is 0 Å². The Balaban J connectivity index is 1.18. The second-order valence-electron chi connectivity index (χ2n) is 11.1. The summed E-state index contributed by atoms with van der Waals surface area (Å²) in [6, 6.07) is 52.5. The van der Waals surface area contributed by atoms with Crippen molar-refractivity contribution in [1.82, 2.24) is 9.97 Å². The van der Waals surface area contributed by atoms with Gasteiger partial charge in [0, 0.05) is 27.5 Å². The first-order chi connectivity index (χ1) is 21.7. The lowest BCUT2D eigenvalue weighted by Gasteiger charge is -2.14. The maximum Gasteiger partial charge on any atom is 0.160 e. The smallest absolute Gasteiger partial charge is 0.160 e. The van der Waals surface area contributed by atoms with Gasteiger partial charge < -0.3 is 4.42 Å². The van der Waals surface area contributed by atoms with E-state index in [-0.39, 0.29) is 0 Å². The van der Waals surface area contributed by atoms with E-state index < -0.39 is 0 Å². The van der Waals surface area contributed by atoms with Crippen LogP contribution in [0, 0.1) is 6.92 Å². The van der Waals surface area contributed by atoms with E-state index in [0.29, 0.717) is 0 Å². The maximum atomic E-state index is 6.04. The fraction of sp³-hybridized carbons (Fsp3) is 0.0244. The Bertz CT molecular complexity index is 2210. The topological polar surface area (TPSA) is 38.9 Å². The molecule has 0 amide bonds. The largest absolute Gasteiger partial charge is 0.456 e. The maximum absolute atomic E-state index is 6.04. The molecule has 0 saturated carbocycles. The summed E-state index contributed by atoms with van der Waals surface area (Å²) in [6.45, 7) is 2.18. The summed E-state index contributed by atoms with van der Waals surface area (Å²) in [5, 5.41) is 2.28. The van der Waals surface area contributed by atoms with Gasteiger partial charge in [-0.3, -0.25) is 0 Å². The molecule has 0 aliphatic heterocycles. The van der Waals surface area contributed by atoms with Crippen LogP contribution in [-0.4, -0.2) is 9.97 Å². The minimum absolute atomic E-state index is 0.721. The Morgan fingerprint density at radius 3 is 1.82 bits per heavy atom. The number of fused-ring (bicyclic) bond motifs is 3. The van der Waals surface area contributed by atoms with E-state index in [0.717, 1.165) is 55.8 Å². The van der Waals surface area contributed by atoms with Crippen molar-refractivity contribution in [2.24, 2.45) is 0 Å². The van der Waals surface area contributed by atoms with E-state index in [4.69, 9.17) is 14.4 Å². The molecule has 8 aromatic rings. The highest BCUT2D eigenvalue weighted by atomic mass is 16.3. The van der Waals surface area contributed by atoms with Crippen molar-refractivity contribution in [2.75, 3.05) is 0 Å². The molecule has 44 heavy (non-hydrogen) atoms. The first kappa shape index (κ1) is 25.9.